The van der Waals surface area contributed by atoms with Crippen molar-refractivity contribution >= 4 is 22.6 Å². The molecular formula is C13H14N4OS. The molecule has 19 heavy (non-hydrogen) atoms. The third-order valence-electron chi connectivity index (χ3n) is 2.84. The first kappa shape index (κ1) is 12.1. The average molecular weight is 274 g/mol. The Morgan fingerprint density at radius 2 is 2.32 bits per heavy atom. The van der Waals surface area contributed by atoms with Gasteiger partial charge in [-0.1, -0.05) is 13.8 Å². The SMILES string of the molecule is CC(C)Cn1c(=O)[nH]c2ncc(-c3ccsc3)nc21. The summed E-state index contributed by atoms with van der Waals surface area (Å²) >= 11 is 1.62. The zero-order chi connectivity index (χ0) is 13.4. The van der Waals surface area contributed by atoms with Crippen molar-refractivity contribution in [2.75, 3.05) is 0 Å². The van der Waals surface area contributed by atoms with E-state index < -0.39 is 0 Å². The Morgan fingerprint density at radius 3 is 3.00 bits per heavy atom. The topological polar surface area (TPSA) is 63.6 Å². The predicted octanol–water partition coefficient (Wildman–Crippen LogP) is 2.50. The van der Waals surface area contributed by atoms with Gasteiger partial charge in [0.15, 0.2) is 11.3 Å². The summed E-state index contributed by atoms with van der Waals surface area (Å²) in [5.74, 6) is 0.378. The molecule has 0 amide bonds. The van der Waals surface area contributed by atoms with Crippen LogP contribution in [0, 0.1) is 5.92 Å². The van der Waals surface area contributed by atoms with Crippen LogP contribution in [-0.4, -0.2) is 19.5 Å². The van der Waals surface area contributed by atoms with Crippen LogP contribution in [0.15, 0.2) is 27.8 Å². The van der Waals surface area contributed by atoms with Gasteiger partial charge >= 0.3 is 5.69 Å². The van der Waals surface area contributed by atoms with Crippen LogP contribution in [0.5, 0.6) is 0 Å². The van der Waals surface area contributed by atoms with Gasteiger partial charge in [0.25, 0.3) is 0 Å². The molecule has 3 aromatic rings. The molecule has 0 fully saturated rings. The van der Waals surface area contributed by atoms with Gasteiger partial charge in [-0.3, -0.25) is 9.55 Å². The van der Waals surface area contributed by atoms with E-state index in [1.54, 1.807) is 22.1 Å². The molecule has 0 aliphatic heterocycles. The Bertz CT molecular complexity index is 755. The maximum atomic E-state index is 11.9. The first-order chi connectivity index (χ1) is 9.15. The summed E-state index contributed by atoms with van der Waals surface area (Å²) in [5.41, 5.74) is 2.85. The van der Waals surface area contributed by atoms with E-state index >= 15 is 0 Å². The molecule has 0 aliphatic carbocycles. The lowest BCUT2D eigenvalue weighted by Crippen LogP contribution is -2.19. The highest BCUT2D eigenvalue weighted by atomic mass is 32.1. The van der Waals surface area contributed by atoms with Crippen LogP contribution in [0.3, 0.4) is 0 Å². The fourth-order valence-corrected chi connectivity index (χ4v) is 2.65. The zero-order valence-corrected chi connectivity index (χ0v) is 11.6. The quantitative estimate of drug-likeness (QED) is 0.798. The van der Waals surface area contributed by atoms with E-state index in [1.165, 1.54) is 0 Å². The minimum atomic E-state index is -0.147. The summed E-state index contributed by atoms with van der Waals surface area (Å²) in [6, 6.07) is 2.00. The van der Waals surface area contributed by atoms with E-state index in [9.17, 15) is 4.79 Å². The summed E-state index contributed by atoms with van der Waals surface area (Å²) in [6.45, 7) is 4.78. The lowest BCUT2D eigenvalue weighted by molar-refractivity contribution is 0.520. The fraction of sp³-hybridized carbons (Fsp3) is 0.308. The predicted molar refractivity (Wildman–Crippen MR) is 76.3 cm³/mol. The number of rotatable bonds is 3. The van der Waals surface area contributed by atoms with Crippen molar-refractivity contribution in [2.45, 2.75) is 20.4 Å². The minimum Gasteiger partial charge on any atom is -0.289 e. The zero-order valence-electron chi connectivity index (χ0n) is 10.8. The molecule has 0 bridgehead atoms. The van der Waals surface area contributed by atoms with Gasteiger partial charge in [0.2, 0.25) is 0 Å². The number of imidazole rings is 1. The highest BCUT2D eigenvalue weighted by Gasteiger charge is 2.12. The molecule has 0 spiro atoms. The Labute approximate surface area is 114 Å². The molecule has 98 valence electrons. The Balaban J connectivity index is 2.18. The molecule has 5 nitrogen and oxygen atoms in total. The maximum Gasteiger partial charge on any atom is 0.328 e. The molecule has 0 saturated carbocycles. The van der Waals surface area contributed by atoms with Gasteiger partial charge in [-0.15, -0.1) is 0 Å². The minimum absolute atomic E-state index is 0.147. The van der Waals surface area contributed by atoms with E-state index in [1.807, 2.05) is 16.8 Å². The number of hydrogen-bond acceptors (Lipinski definition) is 4. The number of fused-ring (bicyclic) bond motifs is 1. The molecule has 6 heteroatoms. The van der Waals surface area contributed by atoms with Gasteiger partial charge in [-0.05, 0) is 17.4 Å². The van der Waals surface area contributed by atoms with Gasteiger partial charge < -0.3 is 0 Å². The highest BCUT2D eigenvalue weighted by molar-refractivity contribution is 7.08. The van der Waals surface area contributed by atoms with Crippen molar-refractivity contribution in [3.05, 3.63) is 33.5 Å². The molecule has 1 N–H and O–H groups in total. The average Bonchev–Trinajstić information content (AvgIpc) is 2.98. The van der Waals surface area contributed by atoms with E-state index in [4.69, 9.17) is 0 Å². The second-order valence-electron chi connectivity index (χ2n) is 4.87. The van der Waals surface area contributed by atoms with Crippen LogP contribution >= 0.6 is 11.3 Å². The maximum absolute atomic E-state index is 11.9. The molecule has 3 rings (SSSR count). The summed E-state index contributed by atoms with van der Waals surface area (Å²) in [5, 5.41) is 4.02. The third-order valence-corrected chi connectivity index (χ3v) is 3.53. The largest absolute Gasteiger partial charge is 0.328 e. The third kappa shape index (κ3) is 2.19. The number of hydrogen-bond donors (Lipinski definition) is 1. The van der Waals surface area contributed by atoms with Crippen LogP contribution in [-0.2, 0) is 6.54 Å². The molecule has 3 heterocycles. The summed E-state index contributed by atoms with van der Waals surface area (Å²) in [6.07, 6.45) is 1.69. The lowest BCUT2D eigenvalue weighted by atomic mass is 10.2. The number of aromatic nitrogens is 4. The van der Waals surface area contributed by atoms with Crippen molar-refractivity contribution in [1.82, 2.24) is 19.5 Å². The van der Waals surface area contributed by atoms with Gasteiger partial charge in [-0.25, -0.2) is 14.8 Å². The van der Waals surface area contributed by atoms with Crippen molar-refractivity contribution in [2.24, 2.45) is 5.92 Å². The molecule has 0 saturated heterocycles. The second kappa shape index (κ2) is 4.62. The van der Waals surface area contributed by atoms with Gasteiger partial charge in [0.1, 0.15) is 0 Å². The smallest absolute Gasteiger partial charge is 0.289 e. The second-order valence-corrected chi connectivity index (χ2v) is 5.65. The van der Waals surface area contributed by atoms with Crippen molar-refractivity contribution in [1.29, 1.82) is 0 Å². The molecule has 0 atom stereocenters. The number of nitrogens with one attached hydrogen (secondary N) is 1. The van der Waals surface area contributed by atoms with Crippen LogP contribution in [0.2, 0.25) is 0 Å². The Kier molecular flexibility index (Phi) is 2.94. The van der Waals surface area contributed by atoms with Gasteiger partial charge in [0, 0.05) is 17.5 Å². The molecule has 3 aromatic heterocycles. The van der Waals surface area contributed by atoms with E-state index in [-0.39, 0.29) is 5.69 Å². The molecule has 0 radical (unpaired) electrons. The van der Waals surface area contributed by atoms with Crippen molar-refractivity contribution in [3.8, 4) is 11.3 Å². The van der Waals surface area contributed by atoms with Crippen LogP contribution in [0.25, 0.3) is 22.6 Å². The molecule has 0 aliphatic rings. The van der Waals surface area contributed by atoms with E-state index in [0.717, 1.165) is 11.3 Å². The van der Waals surface area contributed by atoms with Crippen molar-refractivity contribution < 1.29 is 0 Å². The lowest BCUT2D eigenvalue weighted by Gasteiger charge is -2.05. The molecular weight excluding hydrogens is 260 g/mol. The van der Waals surface area contributed by atoms with Crippen LogP contribution < -0.4 is 5.69 Å². The number of thiophene rings is 1. The Morgan fingerprint density at radius 1 is 1.47 bits per heavy atom. The van der Waals surface area contributed by atoms with Crippen LogP contribution in [0.1, 0.15) is 13.8 Å². The summed E-state index contributed by atoms with van der Waals surface area (Å²) in [4.78, 5) is 23.5. The normalized spacial score (nSPS) is 11.5. The standard InChI is InChI=1S/C13H14N4OS/c1-8(2)6-17-12-11(16-13(17)18)14-5-10(15-12)9-3-4-19-7-9/h3-5,7-8H,6H2,1-2H3,(H,14,16,18). The Hall–Kier alpha value is -1.95. The molecule has 0 aromatic carbocycles. The fourth-order valence-electron chi connectivity index (χ4n) is 2.00. The first-order valence-corrected chi connectivity index (χ1v) is 7.07. The number of nitrogens with zero attached hydrogens (tertiary/aromatic N) is 3. The molecule has 0 unspecified atom stereocenters. The van der Waals surface area contributed by atoms with E-state index in [0.29, 0.717) is 23.8 Å². The van der Waals surface area contributed by atoms with E-state index in [2.05, 4.69) is 28.8 Å². The van der Waals surface area contributed by atoms with Crippen molar-refractivity contribution in [3.63, 3.8) is 0 Å². The number of aromatic amines is 1. The number of H-pyrrole nitrogens is 1. The van der Waals surface area contributed by atoms with Gasteiger partial charge in [0.05, 0.1) is 11.9 Å². The monoisotopic (exact) mass is 274 g/mol. The summed E-state index contributed by atoms with van der Waals surface area (Å²) < 4.78 is 1.66. The summed E-state index contributed by atoms with van der Waals surface area (Å²) in [7, 11) is 0. The highest BCUT2D eigenvalue weighted by Crippen LogP contribution is 2.20. The first-order valence-electron chi connectivity index (χ1n) is 6.13. The van der Waals surface area contributed by atoms with Gasteiger partial charge in [-0.2, -0.15) is 11.3 Å². The van der Waals surface area contributed by atoms with Crippen LogP contribution in [0.4, 0.5) is 0 Å².